The summed E-state index contributed by atoms with van der Waals surface area (Å²) in [6, 6.07) is 19.0. The average molecular weight is 520 g/mol. The van der Waals surface area contributed by atoms with Gasteiger partial charge in [0.05, 0.1) is 11.1 Å². The summed E-state index contributed by atoms with van der Waals surface area (Å²) in [6.45, 7) is 0. The number of aromatic nitrogens is 1. The maximum atomic E-state index is 10.7. The van der Waals surface area contributed by atoms with Gasteiger partial charge < -0.3 is 4.55 Å². The molecule has 3 rings (SSSR count). The van der Waals surface area contributed by atoms with E-state index in [1.165, 1.54) is 27.1 Å². The van der Waals surface area contributed by atoms with Crippen molar-refractivity contribution in [1.29, 1.82) is 0 Å². The highest BCUT2D eigenvalue weighted by molar-refractivity contribution is 9.10. The molecule has 0 N–H and O–H groups in total. The van der Waals surface area contributed by atoms with Crippen molar-refractivity contribution in [1.82, 2.24) is 0 Å². The largest absolute Gasteiger partial charge is 0.741 e. The van der Waals surface area contributed by atoms with Crippen LogP contribution in [-0.2, 0) is 17.2 Å². The normalized spacial score (nSPS) is 11.6. The first-order valence-corrected chi connectivity index (χ1v) is 11.8. The third-order valence-electron chi connectivity index (χ3n) is 3.86. The minimum absolute atomic E-state index is 1.10. The number of thioether (sulfide) groups is 1. The lowest BCUT2D eigenvalue weighted by molar-refractivity contribution is -0.670. The maximum Gasteiger partial charge on any atom is 0.485 e. The maximum absolute atomic E-state index is 10.7. The van der Waals surface area contributed by atoms with E-state index in [0.29, 0.717) is 0 Å². The van der Waals surface area contributed by atoms with Gasteiger partial charge in [0.25, 0.3) is 0 Å². The highest BCUT2D eigenvalue weighted by Crippen LogP contribution is 2.37. The topological polar surface area (TPSA) is 61.1 Å². The highest BCUT2D eigenvalue weighted by atomic mass is 79.9. The lowest BCUT2D eigenvalue weighted by Crippen LogP contribution is -2.27. The molecule has 0 fully saturated rings. The first kappa shape index (κ1) is 24.4. The van der Waals surface area contributed by atoms with Crippen molar-refractivity contribution >= 4 is 37.8 Å². The van der Waals surface area contributed by atoms with Crippen molar-refractivity contribution in [2.45, 2.75) is 10.4 Å². The second-order valence-corrected chi connectivity index (χ2v) is 9.16. The van der Waals surface area contributed by atoms with E-state index in [4.69, 9.17) is 13.0 Å². The average Bonchev–Trinajstić information content (AvgIpc) is 2.67. The molecule has 4 nitrogen and oxygen atoms in total. The Morgan fingerprint density at radius 1 is 0.967 bits per heavy atom. The molecule has 0 radical (unpaired) electrons. The van der Waals surface area contributed by atoms with Crippen molar-refractivity contribution in [3.05, 3.63) is 71.5 Å². The molecule has 160 valence electrons. The van der Waals surface area contributed by atoms with Crippen molar-refractivity contribution in [3.8, 4) is 22.3 Å². The molecule has 30 heavy (non-hydrogen) atoms. The molecule has 0 saturated heterocycles. The molecule has 1 heterocycles. The number of halogens is 4. The summed E-state index contributed by atoms with van der Waals surface area (Å²) in [5, 5.41) is 0. The van der Waals surface area contributed by atoms with Crippen molar-refractivity contribution < 1.29 is 30.7 Å². The van der Waals surface area contributed by atoms with Gasteiger partial charge in [0.15, 0.2) is 22.5 Å². The molecule has 10 heteroatoms. The van der Waals surface area contributed by atoms with Gasteiger partial charge in [0, 0.05) is 9.37 Å². The minimum atomic E-state index is -6.09. The number of alkyl halides is 3. The number of rotatable bonds is 3. The van der Waals surface area contributed by atoms with Crippen LogP contribution in [0, 0.1) is 0 Å². The number of hydrogen-bond donors (Lipinski definition) is 0. The molecule has 0 unspecified atom stereocenters. The number of nitrogens with zero attached hydrogens (tertiary/aromatic N) is 1. The fourth-order valence-corrected chi connectivity index (χ4v) is 3.79. The zero-order chi connectivity index (χ0) is 22.5. The Balaban J connectivity index is 0.000000343. The van der Waals surface area contributed by atoms with Gasteiger partial charge >= 0.3 is 5.51 Å². The summed E-state index contributed by atoms with van der Waals surface area (Å²) in [5.74, 6) is 0. The zero-order valence-corrected chi connectivity index (χ0v) is 19.1. The highest BCUT2D eigenvalue weighted by Gasteiger charge is 2.36. The van der Waals surface area contributed by atoms with E-state index < -0.39 is 15.6 Å². The van der Waals surface area contributed by atoms with Gasteiger partial charge in [-0.1, -0.05) is 58.4 Å². The Kier molecular flexibility index (Phi) is 8.09. The van der Waals surface area contributed by atoms with Gasteiger partial charge in [0.1, 0.15) is 7.05 Å². The van der Waals surface area contributed by atoms with Crippen LogP contribution in [0.3, 0.4) is 0 Å². The second kappa shape index (κ2) is 9.95. The fourth-order valence-electron chi connectivity index (χ4n) is 2.61. The Labute approximate surface area is 185 Å². The second-order valence-electron chi connectivity index (χ2n) is 6.06. The van der Waals surface area contributed by atoms with Gasteiger partial charge in [0.2, 0.25) is 0 Å². The number of aryl methyl sites for hydroxylation is 1. The van der Waals surface area contributed by atoms with E-state index in [0.717, 1.165) is 4.47 Å². The van der Waals surface area contributed by atoms with Crippen molar-refractivity contribution in [2.24, 2.45) is 7.05 Å². The molecule has 0 saturated carbocycles. The lowest BCUT2D eigenvalue weighted by Gasteiger charge is -2.12. The Morgan fingerprint density at radius 3 is 1.93 bits per heavy atom. The molecule has 0 amide bonds. The Morgan fingerprint density at radius 2 is 1.47 bits per heavy atom. The van der Waals surface area contributed by atoms with Gasteiger partial charge in [-0.25, -0.2) is 13.0 Å². The predicted molar refractivity (Wildman–Crippen MR) is 114 cm³/mol. The van der Waals surface area contributed by atoms with Crippen LogP contribution in [0.5, 0.6) is 0 Å². The molecule has 0 aliphatic heterocycles. The summed E-state index contributed by atoms with van der Waals surface area (Å²) in [4.78, 5) is 1.31. The van der Waals surface area contributed by atoms with E-state index in [-0.39, 0.29) is 0 Å². The Hall–Kier alpha value is -1.88. The van der Waals surface area contributed by atoms with Gasteiger partial charge in [-0.2, -0.15) is 13.2 Å². The SMILES string of the molecule is CSc1c(-c2ccccc2)c[n+](C)cc1-c1cccc(Br)c1.O=S(=O)([O-])C(F)(F)F. The molecule has 0 spiro atoms. The van der Waals surface area contributed by atoms with Crippen molar-refractivity contribution in [3.63, 3.8) is 0 Å². The van der Waals surface area contributed by atoms with E-state index >= 15 is 0 Å². The monoisotopic (exact) mass is 519 g/mol. The minimum Gasteiger partial charge on any atom is -0.741 e. The van der Waals surface area contributed by atoms with E-state index in [9.17, 15) is 13.2 Å². The van der Waals surface area contributed by atoms with Crippen LogP contribution < -0.4 is 4.57 Å². The molecular formula is C20H17BrF3NO3S2. The molecule has 0 aliphatic carbocycles. The molecule has 0 bridgehead atoms. The van der Waals surface area contributed by atoms with Crippen LogP contribution in [0.25, 0.3) is 22.3 Å². The third kappa shape index (κ3) is 6.31. The molecule has 1 aromatic heterocycles. The fraction of sp³-hybridized carbons (Fsp3) is 0.150. The first-order chi connectivity index (χ1) is 13.9. The van der Waals surface area contributed by atoms with Crippen LogP contribution >= 0.6 is 27.7 Å². The summed E-state index contributed by atoms with van der Waals surface area (Å²) < 4.78 is 62.1. The van der Waals surface area contributed by atoms with Crippen LogP contribution in [0.1, 0.15) is 0 Å². The lowest BCUT2D eigenvalue weighted by atomic mass is 10.0. The Bertz CT molecular complexity index is 1120. The van der Waals surface area contributed by atoms with E-state index in [1.807, 2.05) is 0 Å². The number of benzene rings is 2. The number of hydrogen-bond acceptors (Lipinski definition) is 4. The molecule has 0 atom stereocenters. The molecule has 0 aliphatic rings. The van der Waals surface area contributed by atoms with E-state index in [1.54, 1.807) is 11.8 Å². The van der Waals surface area contributed by atoms with Crippen LogP contribution in [0.4, 0.5) is 13.2 Å². The zero-order valence-electron chi connectivity index (χ0n) is 15.9. The smallest absolute Gasteiger partial charge is 0.485 e. The summed E-state index contributed by atoms with van der Waals surface area (Å²) in [5.41, 5.74) is -0.635. The van der Waals surface area contributed by atoms with Gasteiger partial charge in [-0.3, -0.25) is 0 Å². The van der Waals surface area contributed by atoms with Crippen molar-refractivity contribution in [2.75, 3.05) is 6.26 Å². The quantitative estimate of drug-likeness (QED) is 0.201. The van der Waals surface area contributed by atoms with Crippen LogP contribution in [-0.4, -0.2) is 24.7 Å². The van der Waals surface area contributed by atoms with Crippen LogP contribution in [0.15, 0.2) is 76.4 Å². The predicted octanol–water partition coefficient (Wildman–Crippen LogP) is 5.38. The first-order valence-electron chi connectivity index (χ1n) is 8.35. The standard InChI is InChI=1S/C19H17BrNS.CHF3O3S/c1-21-12-17(14-7-4-3-5-8-14)19(22-2)18(13-21)15-9-6-10-16(20)11-15;2-1(3,4)8(5,6)7/h3-13H,1-2H3;(H,5,6,7)/q+1;/p-1. The van der Waals surface area contributed by atoms with Gasteiger partial charge in [-0.05, 0) is 29.5 Å². The summed E-state index contributed by atoms with van der Waals surface area (Å²) >= 11 is 5.37. The summed E-state index contributed by atoms with van der Waals surface area (Å²) in [7, 11) is -4.01. The number of pyridine rings is 1. The third-order valence-corrected chi connectivity index (χ3v) is 5.77. The molecule has 3 aromatic rings. The molecular weight excluding hydrogens is 503 g/mol. The summed E-state index contributed by atoms with van der Waals surface area (Å²) in [6.07, 6.45) is 6.53. The van der Waals surface area contributed by atoms with E-state index in [2.05, 4.69) is 101 Å². The molecule has 2 aromatic carbocycles. The van der Waals surface area contributed by atoms with Gasteiger partial charge in [-0.15, -0.1) is 11.8 Å². The van der Waals surface area contributed by atoms with Crippen LogP contribution in [0.2, 0.25) is 0 Å².